The Morgan fingerprint density at radius 2 is 1.58 bits per heavy atom. The Morgan fingerprint density at radius 3 is 2.08 bits per heavy atom. The molecule has 0 aliphatic carbocycles. The molecule has 0 unspecified atom stereocenters. The van der Waals surface area contributed by atoms with E-state index in [1.165, 1.54) is 0 Å². The normalized spacial score (nSPS) is 11.0. The molecule has 6 nitrogen and oxygen atoms in total. The van der Waals surface area contributed by atoms with E-state index in [0.29, 0.717) is 13.1 Å². The van der Waals surface area contributed by atoms with Crippen molar-refractivity contribution in [2.75, 3.05) is 19.7 Å². The third kappa shape index (κ3) is 6.58. The van der Waals surface area contributed by atoms with E-state index in [4.69, 9.17) is 14.2 Å². The molecule has 0 spiro atoms. The van der Waals surface area contributed by atoms with Gasteiger partial charge in [0.15, 0.2) is 11.5 Å². The second kappa shape index (κ2) is 10.0. The van der Waals surface area contributed by atoms with Gasteiger partial charge in [0.25, 0.3) is 0 Å². The van der Waals surface area contributed by atoms with E-state index >= 15 is 0 Å². The minimum absolute atomic E-state index is 0.147. The summed E-state index contributed by atoms with van der Waals surface area (Å²) in [6.45, 7) is 13.3. The fourth-order valence-corrected chi connectivity index (χ4v) is 2.37. The van der Waals surface area contributed by atoms with Crippen molar-refractivity contribution in [1.29, 1.82) is 0 Å². The average molecular weight is 365 g/mol. The van der Waals surface area contributed by atoms with Gasteiger partial charge in [0, 0.05) is 13.1 Å². The van der Waals surface area contributed by atoms with Crippen molar-refractivity contribution < 1.29 is 23.8 Å². The summed E-state index contributed by atoms with van der Waals surface area (Å²) in [5.74, 6) is 0.380. The lowest BCUT2D eigenvalue weighted by atomic mass is 9.87. The van der Waals surface area contributed by atoms with Crippen LogP contribution in [0.4, 0.5) is 9.59 Å². The Labute approximate surface area is 156 Å². The van der Waals surface area contributed by atoms with Gasteiger partial charge in [-0.1, -0.05) is 40.7 Å². The van der Waals surface area contributed by atoms with Crippen LogP contribution in [0.15, 0.2) is 18.2 Å². The van der Waals surface area contributed by atoms with Crippen molar-refractivity contribution in [2.45, 2.75) is 59.8 Å². The van der Waals surface area contributed by atoms with Gasteiger partial charge in [-0.15, -0.1) is 0 Å². The Morgan fingerprint density at radius 1 is 0.962 bits per heavy atom. The zero-order valence-corrected chi connectivity index (χ0v) is 16.8. The van der Waals surface area contributed by atoms with Crippen LogP contribution in [0, 0.1) is 0 Å². The maximum Gasteiger partial charge on any atom is 0.513 e. The van der Waals surface area contributed by atoms with Crippen LogP contribution in [-0.2, 0) is 10.2 Å². The Hall–Kier alpha value is -2.24. The maximum absolute atomic E-state index is 12.5. The Balaban J connectivity index is 3.11. The summed E-state index contributed by atoms with van der Waals surface area (Å²) < 4.78 is 15.6. The standard InChI is InChI=1S/C20H31NO5/c1-7-12-21(13-8-2)18(22)25-16-11-10-15(20(4,5)6)14-17(16)26-19(23)24-9-3/h10-11,14H,7-9,12-13H2,1-6H3. The lowest BCUT2D eigenvalue weighted by Crippen LogP contribution is -2.35. The molecular weight excluding hydrogens is 334 g/mol. The van der Waals surface area contributed by atoms with Crippen LogP contribution in [0.5, 0.6) is 11.5 Å². The smallest absolute Gasteiger partial charge is 0.434 e. The fraction of sp³-hybridized carbons (Fsp3) is 0.600. The fourth-order valence-electron chi connectivity index (χ4n) is 2.37. The third-order valence-electron chi connectivity index (χ3n) is 3.71. The molecule has 0 atom stereocenters. The number of rotatable bonds is 7. The zero-order valence-electron chi connectivity index (χ0n) is 16.8. The molecule has 0 aliphatic heterocycles. The van der Waals surface area contributed by atoms with E-state index < -0.39 is 12.2 Å². The van der Waals surface area contributed by atoms with E-state index in [2.05, 4.69) is 0 Å². The predicted octanol–water partition coefficient (Wildman–Crippen LogP) is 5.14. The monoisotopic (exact) mass is 365 g/mol. The largest absolute Gasteiger partial charge is 0.513 e. The number of hydrogen-bond donors (Lipinski definition) is 0. The molecule has 0 aromatic heterocycles. The molecule has 0 heterocycles. The van der Waals surface area contributed by atoms with Gasteiger partial charge in [0.1, 0.15) is 0 Å². The number of hydrogen-bond acceptors (Lipinski definition) is 5. The summed E-state index contributed by atoms with van der Waals surface area (Å²) in [4.78, 5) is 25.9. The van der Waals surface area contributed by atoms with Crippen molar-refractivity contribution >= 4 is 12.2 Å². The Bertz CT molecular complexity index is 601. The first-order valence-electron chi connectivity index (χ1n) is 9.18. The predicted molar refractivity (Wildman–Crippen MR) is 101 cm³/mol. The number of amides is 1. The van der Waals surface area contributed by atoms with Crippen LogP contribution >= 0.6 is 0 Å². The van der Waals surface area contributed by atoms with Crippen LogP contribution in [0.25, 0.3) is 0 Å². The van der Waals surface area contributed by atoms with Gasteiger partial charge in [0.2, 0.25) is 0 Å². The summed E-state index contributed by atoms with van der Waals surface area (Å²) >= 11 is 0. The molecule has 0 saturated carbocycles. The molecule has 0 aliphatic rings. The highest BCUT2D eigenvalue weighted by atomic mass is 16.7. The summed E-state index contributed by atoms with van der Waals surface area (Å²) in [5, 5.41) is 0. The summed E-state index contributed by atoms with van der Waals surface area (Å²) in [6, 6.07) is 5.23. The van der Waals surface area contributed by atoms with Crippen molar-refractivity contribution in [3.05, 3.63) is 23.8 Å². The SMILES string of the molecule is CCCN(CCC)C(=O)Oc1ccc(C(C)(C)C)cc1OC(=O)OCC. The maximum atomic E-state index is 12.5. The molecule has 26 heavy (non-hydrogen) atoms. The highest BCUT2D eigenvalue weighted by molar-refractivity contribution is 5.73. The summed E-state index contributed by atoms with van der Waals surface area (Å²) in [7, 11) is 0. The third-order valence-corrected chi connectivity index (χ3v) is 3.71. The lowest BCUT2D eigenvalue weighted by molar-refractivity contribution is 0.102. The van der Waals surface area contributed by atoms with Gasteiger partial charge >= 0.3 is 12.2 Å². The van der Waals surface area contributed by atoms with Crippen molar-refractivity contribution in [2.24, 2.45) is 0 Å². The molecule has 0 radical (unpaired) electrons. The Kier molecular flexibility index (Phi) is 8.42. The van der Waals surface area contributed by atoms with E-state index in [-0.39, 0.29) is 23.5 Å². The van der Waals surface area contributed by atoms with E-state index in [1.807, 2.05) is 40.7 Å². The topological polar surface area (TPSA) is 65.1 Å². The number of ether oxygens (including phenoxy) is 3. The number of carbonyl (C=O) groups excluding carboxylic acids is 2. The van der Waals surface area contributed by atoms with Crippen LogP contribution < -0.4 is 9.47 Å². The van der Waals surface area contributed by atoms with Gasteiger partial charge < -0.3 is 19.1 Å². The summed E-state index contributed by atoms with van der Waals surface area (Å²) in [5.41, 5.74) is 0.807. The molecule has 146 valence electrons. The number of nitrogens with zero attached hydrogens (tertiary/aromatic N) is 1. The van der Waals surface area contributed by atoms with Gasteiger partial charge in [-0.05, 0) is 42.9 Å². The molecule has 1 amide bonds. The zero-order chi connectivity index (χ0) is 19.7. The van der Waals surface area contributed by atoms with E-state index in [0.717, 1.165) is 18.4 Å². The first-order chi connectivity index (χ1) is 12.2. The lowest BCUT2D eigenvalue weighted by Gasteiger charge is -2.23. The van der Waals surface area contributed by atoms with Crippen molar-refractivity contribution in [1.82, 2.24) is 4.90 Å². The van der Waals surface area contributed by atoms with Gasteiger partial charge in [-0.25, -0.2) is 9.59 Å². The van der Waals surface area contributed by atoms with Crippen LogP contribution in [0.3, 0.4) is 0 Å². The second-order valence-electron chi connectivity index (χ2n) is 7.05. The first kappa shape index (κ1) is 21.8. The molecule has 0 N–H and O–H groups in total. The molecular formula is C20H31NO5. The van der Waals surface area contributed by atoms with Gasteiger partial charge in [0.05, 0.1) is 6.61 Å². The van der Waals surface area contributed by atoms with Crippen molar-refractivity contribution in [3.63, 3.8) is 0 Å². The molecule has 1 aromatic rings. The molecule has 1 aromatic carbocycles. The molecule has 1 rings (SSSR count). The van der Waals surface area contributed by atoms with Crippen LogP contribution in [-0.4, -0.2) is 36.8 Å². The highest BCUT2D eigenvalue weighted by Crippen LogP contribution is 2.34. The number of carbonyl (C=O) groups is 2. The molecule has 0 bridgehead atoms. The quantitative estimate of drug-likeness (QED) is 0.494. The second-order valence-corrected chi connectivity index (χ2v) is 7.05. The minimum atomic E-state index is -0.824. The molecule has 0 fully saturated rings. The van der Waals surface area contributed by atoms with Gasteiger partial charge in [-0.2, -0.15) is 0 Å². The van der Waals surface area contributed by atoms with Gasteiger partial charge in [-0.3, -0.25) is 0 Å². The van der Waals surface area contributed by atoms with Crippen molar-refractivity contribution in [3.8, 4) is 11.5 Å². The molecule has 0 saturated heterocycles. The average Bonchev–Trinajstić information content (AvgIpc) is 2.55. The molecule has 6 heteroatoms. The first-order valence-corrected chi connectivity index (χ1v) is 9.18. The van der Waals surface area contributed by atoms with E-state index in [9.17, 15) is 9.59 Å². The van der Waals surface area contributed by atoms with Crippen LogP contribution in [0.1, 0.15) is 59.9 Å². The van der Waals surface area contributed by atoms with Crippen LogP contribution in [0.2, 0.25) is 0 Å². The summed E-state index contributed by atoms with van der Waals surface area (Å²) in [6.07, 6.45) is 0.398. The highest BCUT2D eigenvalue weighted by Gasteiger charge is 2.22. The number of benzene rings is 1. The minimum Gasteiger partial charge on any atom is -0.434 e. The van der Waals surface area contributed by atoms with E-state index in [1.54, 1.807) is 24.0 Å².